The van der Waals surface area contributed by atoms with E-state index in [4.69, 9.17) is 9.47 Å². The number of fused-ring (bicyclic) bond motifs is 4. The molecule has 5 nitrogen and oxygen atoms in total. The molecule has 1 aromatic carbocycles. The average Bonchev–Trinajstić information content (AvgIpc) is 2.99. The van der Waals surface area contributed by atoms with Gasteiger partial charge in [-0.1, -0.05) is 18.2 Å². The molecular formula is C24H31N2O3+. The van der Waals surface area contributed by atoms with E-state index in [9.17, 15) is 4.79 Å². The van der Waals surface area contributed by atoms with Gasteiger partial charge in [-0.3, -0.25) is 4.79 Å². The number of carbonyl (C=O) groups excluding carboxylic acids is 1. The van der Waals surface area contributed by atoms with Crippen molar-refractivity contribution in [2.75, 3.05) is 27.3 Å². The second-order valence-corrected chi connectivity index (χ2v) is 9.06. The van der Waals surface area contributed by atoms with Gasteiger partial charge in [0.25, 0.3) is 0 Å². The molecular weight excluding hydrogens is 364 g/mol. The molecule has 5 atom stereocenters. The lowest BCUT2D eigenvalue weighted by molar-refractivity contribution is -0.977. The molecule has 3 unspecified atom stereocenters. The van der Waals surface area contributed by atoms with Crippen LogP contribution in [0.4, 0.5) is 0 Å². The Bertz CT molecular complexity index is 1040. The Labute approximate surface area is 172 Å². The second kappa shape index (κ2) is 6.36. The minimum Gasteiger partial charge on any atom is -0.495 e. The fourth-order valence-electron chi connectivity index (χ4n) is 6.79. The Morgan fingerprint density at radius 3 is 2.86 bits per heavy atom. The first-order chi connectivity index (χ1) is 14.0. The van der Waals surface area contributed by atoms with Gasteiger partial charge in [0.1, 0.15) is 30.3 Å². The van der Waals surface area contributed by atoms with Crippen molar-refractivity contribution in [3.05, 3.63) is 41.1 Å². The number of rotatable bonds is 3. The second-order valence-electron chi connectivity index (χ2n) is 9.06. The lowest BCUT2D eigenvalue weighted by atomic mass is 9.62. The molecule has 4 bridgehead atoms. The summed E-state index contributed by atoms with van der Waals surface area (Å²) in [6, 6.07) is 7.01. The number of likely N-dealkylation sites (N-methyl/N-ethyl adjacent to an activating group) is 1. The number of benzene rings is 1. The zero-order valence-corrected chi connectivity index (χ0v) is 18.1. The van der Waals surface area contributed by atoms with Crippen molar-refractivity contribution in [2.24, 2.45) is 18.9 Å². The van der Waals surface area contributed by atoms with Crippen LogP contribution >= 0.6 is 0 Å². The highest BCUT2D eigenvalue weighted by atomic mass is 16.5. The van der Waals surface area contributed by atoms with Crippen LogP contribution in [0.2, 0.25) is 0 Å². The number of para-hydroxylation sites is 1. The Morgan fingerprint density at radius 1 is 1.38 bits per heavy atom. The molecule has 4 aliphatic rings. The molecule has 3 saturated heterocycles. The summed E-state index contributed by atoms with van der Waals surface area (Å²) >= 11 is 0. The first kappa shape index (κ1) is 18.7. The van der Waals surface area contributed by atoms with Gasteiger partial charge in [-0.25, -0.2) is 0 Å². The molecule has 1 aromatic heterocycles. The van der Waals surface area contributed by atoms with Gasteiger partial charge >= 0.3 is 5.97 Å². The smallest absolute Gasteiger partial charge is 0.315 e. The van der Waals surface area contributed by atoms with Crippen molar-refractivity contribution < 1.29 is 18.8 Å². The fraction of sp³-hybridized carbons (Fsp3) is 0.542. The van der Waals surface area contributed by atoms with Crippen molar-refractivity contribution in [2.45, 2.75) is 38.8 Å². The van der Waals surface area contributed by atoms with Gasteiger partial charge in [0.2, 0.25) is 0 Å². The minimum atomic E-state index is -0.0508. The van der Waals surface area contributed by atoms with Crippen LogP contribution in [0, 0.1) is 11.8 Å². The summed E-state index contributed by atoms with van der Waals surface area (Å²) in [7, 11) is 6.28. The van der Waals surface area contributed by atoms with Crippen molar-refractivity contribution >= 4 is 16.9 Å². The van der Waals surface area contributed by atoms with Gasteiger partial charge in [0.15, 0.2) is 0 Å². The number of carbonyl (C=O) groups is 1. The molecule has 0 N–H and O–H groups in total. The summed E-state index contributed by atoms with van der Waals surface area (Å²) in [5, 5.41) is 1.27. The maximum atomic E-state index is 13.1. The molecule has 0 spiro atoms. The Hall–Kier alpha value is -2.27. The van der Waals surface area contributed by atoms with E-state index < -0.39 is 0 Å². The summed E-state index contributed by atoms with van der Waals surface area (Å²) in [4.78, 5) is 13.1. The molecule has 0 aliphatic carbocycles. The number of ether oxygens (including phenoxy) is 2. The summed E-state index contributed by atoms with van der Waals surface area (Å²) in [6.45, 7) is 5.51. The molecule has 154 valence electrons. The maximum absolute atomic E-state index is 13.1. The first-order valence-electron chi connectivity index (χ1n) is 10.8. The minimum absolute atomic E-state index is 0.00869. The van der Waals surface area contributed by atoms with Gasteiger partial charge < -0.3 is 18.5 Å². The van der Waals surface area contributed by atoms with Crippen LogP contribution in [0.15, 0.2) is 29.8 Å². The standard InChI is InChI=1S/C24H31N2O3/c1-6-14-13-26(4)18-12-17-15-9-8-10-20(28-5)23(15)25(3)22(17)19(26)11-16(14)21(18)24(27)29-7-2/h6,8-10,16,18-19,21H,7,11-13H2,1-5H3/q+1/b14-6+/t16-,18?,19-,21?,26?/m0/s1. The molecule has 2 aromatic rings. The van der Waals surface area contributed by atoms with Gasteiger partial charge in [0.05, 0.1) is 32.0 Å². The van der Waals surface area contributed by atoms with Crippen LogP contribution in [0.3, 0.4) is 0 Å². The molecule has 29 heavy (non-hydrogen) atoms. The van der Waals surface area contributed by atoms with Crippen molar-refractivity contribution in [1.29, 1.82) is 0 Å². The zero-order valence-electron chi connectivity index (χ0n) is 18.1. The summed E-state index contributed by atoms with van der Waals surface area (Å²) in [6.07, 6.45) is 4.17. The Morgan fingerprint density at radius 2 is 2.17 bits per heavy atom. The Balaban J connectivity index is 1.73. The van der Waals surface area contributed by atoms with Crippen LogP contribution in [-0.2, 0) is 23.0 Å². The average molecular weight is 396 g/mol. The van der Waals surface area contributed by atoms with E-state index in [1.54, 1.807) is 7.11 Å². The van der Waals surface area contributed by atoms with E-state index in [-0.39, 0.29) is 17.9 Å². The number of hydrogen-bond acceptors (Lipinski definition) is 3. The first-order valence-corrected chi connectivity index (χ1v) is 10.8. The number of esters is 1. The molecule has 0 amide bonds. The Kier molecular flexibility index (Phi) is 4.11. The van der Waals surface area contributed by atoms with Gasteiger partial charge in [-0.2, -0.15) is 0 Å². The summed E-state index contributed by atoms with van der Waals surface area (Å²) in [5.41, 5.74) is 5.45. The van der Waals surface area contributed by atoms with Crippen LogP contribution in [0.5, 0.6) is 5.75 Å². The van der Waals surface area contributed by atoms with Crippen LogP contribution in [0.1, 0.15) is 37.6 Å². The lowest BCUT2D eigenvalue weighted by Gasteiger charge is -2.62. The number of aromatic nitrogens is 1. The van der Waals surface area contributed by atoms with E-state index >= 15 is 0 Å². The van der Waals surface area contributed by atoms with Crippen molar-refractivity contribution in [3.8, 4) is 5.75 Å². The van der Waals surface area contributed by atoms with E-state index in [0.29, 0.717) is 18.6 Å². The number of aryl methyl sites for hydroxylation is 1. The number of methoxy groups -OCH3 is 1. The number of hydrogen-bond donors (Lipinski definition) is 0. The number of quaternary nitrogens is 1. The van der Waals surface area contributed by atoms with Crippen LogP contribution < -0.4 is 4.74 Å². The third kappa shape index (κ3) is 2.28. The fourth-order valence-corrected chi connectivity index (χ4v) is 6.79. The maximum Gasteiger partial charge on any atom is 0.315 e. The molecule has 0 radical (unpaired) electrons. The summed E-state index contributed by atoms with van der Waals surface area (Å²) in [5.74, 6) is 1.16. The molecule has 5 heterocycles. The molecule has 6 rings (SSSR count). The molecule has 0 saturated carbocycles. The van der Waals surface area contributed by atoms with Gasteiger partial charge in [-0.15, -0.1) is 0 Å². The highest BCUT2D eigenvalue weighted by Crippen LogP contribution is 2.59. The lowest BCUT2D eigenvalue weighted by Crippen LogP contribution is -2.71. The number of piperidine rings is 3. The van der Waals surface area contributed by atoms with Gasteiger partial charge in [-0.05, 0) is 31.1 Å². The molecule has 5 heteroatoms. The predicted octanol–water partition coefficient (Wildman–Crippen LogP) is 3.76. The third-order valence-corrected chi connectivity index (χ3v) is 8.00. The molecule has 3 fully saturated rings. The monoisotopic (exact) mass is 395 g/mol. The van der Waals surface area contributed by atoms with E-state index in [0.717, 1.165) is 29.6 Å². The zero-order chi connectivity index (χ0) is 20.5. The molecule has 4 aliphatic heterocycles. The SMILES string of the molecule is C/C=C1\C[N+]2(C)C3Cc4c(n(C)c5c(OC)cccc45)[C@@H]2C[C@@H]1C3C(=O)OCC. The van der Waals surface area contributed by atoms with Crippen molar-refractivity contribution in [1.82, 2.24) is 4.57 Å². The quantitative estimate of drug-likeness (QED) is 0.451. The highest BCUT2D eigenvalue weighted by Gasteiger charge is 2.64. The normalized spacial score (nSPS) is 33.8. The number of nitrogens with zero attached hydrogens (tertiary/aromatic N) is 2. The van der Waals surface area contributed by atoms with Crippen molar-refractivity contribution in [3.63, 3.8) is 0 Å². The van der Waals surface area contributed by atoms with E-state index in [1.807, 2.05) is 13.0 Å². The predicted molar refractivity (Wildman–Crippen MR) is 113 cm³/mol. The summed E-state index contributed by atoms with van der Waals surface area (Å²) < 4.78 is 14.6. The van der Waals surface area contributed by atoms with Crippen LogP contribution in [0.25, 0.3) is 10.9 Å². The van der Waals surface area contributed by atoms with E-state index in [2.05, 4.69) is 43.8 Å². The van der Waals surface area contributed by atoms with E-state index in [1.165, 1.54) is 27.7 Å². The topological polar surface area (TPSA) is 40.5 Å². The third-order valence-electron chi connectivity index (χ3n) is 8.00. The van der Waals surface area contributed by atoms with Gasteiger partial charge in [0, 0.05) is 31.2 Å². The largest absolute Gasteiger partial charge is 0.495 e. The van der Waals surface area contributed by atoms with Crippen LogP contribution in [-0.4, -0.2) is 48.4 Å². The number of allylic oxidation sites excluding steroid dienone is 1. The highest BCUT2D eigenvalue weighted by molar-refractivity contribution is 5.91.